The van der Waals surface area contributed by atoms with Gasteiger partial charge >= 0.3 is 0 Å². The van der Waals surface area contributed by atoms with E-state index in [9.17, 15) is 8.42 Å². The molecule has 2 saturated heterocycles. The van der Waals surface area contributed by atoms with Crippen LogP contribution in [0.25, 0.3) is 0 Å². The van der Waals surface area contributed by atoms with Gasteiger partial charge in [0.25, 0.3) is 0 Å². The Hall–Kier alpha value is -0.130. The molecule has 2 rings (SSSR count). The molecule has 2 fully saturated rings. The van der Waals surface area contributed by atoms with Gasteiger partial charge in [0.15, 0.2) is 9.84 Å². The second-order valence-electron chi connectivity index (χ2n) is 5.79. The summed E-state index contributed by atoms with van der Waals surface area (Å²) in [5.74, 6) is 0.709. The fourth-order valence-electron chi connectivity index (χ4n) is 3.03. The summed E-state index contributed by atoms with van der Waals surface area (Å²) in [6.07, 6.45) is 5.95. The van der Waals surface area contributed by atoms with E-state index in [4.69, 9.17) is 0 Å². The van der Waals surface area contributed by atoms with Crippen molar-refractivity contribution >= 4 is 9.84 Å². The van der Waals surface area contributed by atoms with Crippen molar-refractivity contribution in [3.05, 3.63) is 0 Å². The molecule has 18 heavy (non-hydrogen) atoms. The lowest BCUT2D eigenvalue weighted by Gasteiger charge is -2.33. The lowest BCUT2D eigenvalue weighted by Crippen LogP contribution is -2.39. The molecule has 0 amide bonds. The van der Waals surface area contributed by atoms with E-state index in [2.05, 4.69) is 17.1 Å². The molecular formula is C13H26N2O2S. The van der Waals surface area contributed by atoms with Crippen molar-refractivity contribution in [1.82, 2.24) is 10.2 Å². The number of hydrogen-bond donors (Lipinski definition) is 1. The molecular weight excluding hydrogens is 248 g/mol. The van der Waals surface area contributed by atoms with Gasteiger partial charge in [0.2, 0.25) is 0 Å². The Kier molecular flexibility index (Phi) is 5.04. The maximum Gasteiger partial charge on any atom is 0.151 e. The minimum absolute atomic E-state index is 0.203. The smallest absolute Gasteiger partial charge is 0.151 e. The molecule has 1 N–H and O–H groups in total. The fourth-order valence-corrected chi connectivity index (χ4v) is 4.74. The van der Waals surface area contributed by atoms with Gasteiger partial charge in [0.05, 0.1) is 11.5 Å². The van der Waals surface area contributed by atoms with Crippen molar-refractivity contribution in [2.24, 2.45) is 0 Å². The van der Waals surface area contributed by atoms with Crippen molar-refractivity contribution in [2.75, 3.05) is 31.1 Å². The van der Waals surface area contributed by atoms with Gasteiger partial charge in [-0.15, -0.1) is 0 Å². The molecule has 0 saturated carbocycles. The van der Waals surface area contributed by atoms with Crippen LogP contribution in [0.2, 0.25) is 0 Å². The van der Waals surface area contributed by atoms with Gasteiger partial charge in [-0.05, 0) is 52.2 Å². The van der Waals surface area contributed by atoms with Gasteiger partial charge in [0, 0.05) is 12.1 Å². The second-order valence-corrected chi connectivity index (χ2v) is 8.02. The number of likely N-dealkylation sites (tertiary alicyclic amines) is 1. The van der Waals surface area contributed by atoms with Gasteiger partial charge in [-0.3, -0.25) is 0 Å². The predicted octanol–water partition coefficient (Wildman–Crippen LogP) is 1.03. The van der Waals surface area contributed by atoms with Crippen molar-refractivity contribution in [1.29, 1.82) is 0 Å². The average Bonchev–Trinajstić information content (AvgIpc) is 2.67. The zero-order valence-electron chi connectivity index (χ0n) is 11.4. The second kappa shape index (κ2) is 6.35. The van der Waals surface area contributed by atoms with Crippen molar-refractivity contribution in [3.8, 4) is 0 Å². The first-order valence-corrected chi connectivity index (χ1v) is 9.07. The maximum absolute atomic E-state index is 11.3. The third kappa shape index (κ3) is 4.21. The number of rotatable bonds is 5. The van der Waals surface area contributed by atoms with Crippen LogP contribution >= 0.6 is 0 Å². The number of sulfone groups is 1. The SMILES string of the molecule is CC1CCCCN1CCCNC1CCS(=O)(=O)C1. The van der Waals surface area contributed by atoms with Crippen molar-refractivity contribution < 1.29 is 8.42 Å². The summed E-state index contributed by atoms with van der Waals surface area (Å²) in [5, 5.41) is 3.39. The number of nitrogens with one attached hydrogen (secondary N) is 1. The number of piperidine rings is 1. The predicted molar refractivity (Wildman–Crippen MR) is 74.6 cm³/mol. The van der Waals surface area contributed by atoms with Crippen LogP contribution in [-0.2, 0) is 9.84 Å². The summed E-state index contributed by atoms with van der Waals surface area (Å²) in [6, 6.07) is 0.930. The maximum atomic E-state index is 11.3. The minimum atomic E-state index is -2.73. The largest absolute Gasteiger partial charge is 0.313 e. The Balaban J connectivity index is 1.59. The quantitative estimate of drug-likeness (QED) is 0.761. The van der Waals surface area contributed by atoms with E-state index >= 15 is 0 Å². The number of nitrogens with zero attached hydrogens (tertiary/aromatic N) is 1. The summed E-state index contributed by atoms with van der Waals surface area (Å²) in [4.78, 5) is 2.57. The summed E-state index contributed by atoms with van der Waals surface area (Å²) in [7, 11) is -2.73. The Morgan fingerprint density at radius 2 is 2.11 bits per heavy atom. The zero-order chi connectivity index (χ0) is 13.0. The average molecular weight is 274 g/mol. The van der Waals surface area contributed by atoms with E-state index in [0.717, 1.165) is 32.0 Å². The topological polar surface area (TPSA) is 49.4 Å². The normalized spacial score (nSPS) is 32.7. The Morgan fingerprint density at radius 3 is 2.78 bits per heavy atom. The molecule has 0 spiro atoms. The first kappa shape index (κ1) is 14.3. The molecule has 4 nitrogen and oxygen atoms in total. The van der Waals surface area contributed by atoms with Gasteiger partial charge in [0.1, 0.15) is 0 Å². The monoisotopic (exact) mass is 274 g/mol. The highest BCUT2D eigenvalue weighted by atomic mass is 32.2. The van der Waals surface area contributed by atoms with E-state index in [-0.39, 0.29) is 6.04 Å². The fraction of sp³-hybridized carbons (Fsp3) is 1.00. The van der Waals surface area contributed by atoms with Crippen LogP contribution in [0.3, 0.4) is 0 Å². The van der Waals surface area contributed by atoms with Gasteiger partial charge < -0.3 is 10.2 Å². The van der Waals surface area contributed by atoms with E-state index in [0.29, 0.717) is 11.5 Å². The molecule has 0 bridgehead atoms. The molecule has 2 unspecified atom stereocenters. The molecule has 0 radical (unpaired) electrons. The van der Waals surface area contributed by atoms with Gasteiger partial charge in [-0.2, -0.15) is 0 Å². The molecule has 2 atom stereocenters. The Bertz CT molecular complexity index is 356. The molecule has 2 aliphatic heterocycles. The highest BCUT2D eigenvalue weighted by Gasteiger charge is 2.27. The summed E-state index contributed by atoms with van der Waals surface area (Å²) in [6.45, 7) is 5.64. The standard InChI is InChI=1S/C13H26N2O2S/c1-12-5-2-3-8-15(12)9-4-7-14-13-6-10-18(16,17)11-13/h12-14H,2-11H2,1H3. The molecule has 2 heterocycles. The highest BCUT2D eigenvalue weighted by molar-refractivity contribution is 7.91. The molecule has 0 aromatic heterocycles. The lowest BCUT2D eigenvalue weighted by atomic mass is 10.0. The van der Waals surface area contributed by atoms with Crippen LogP contribution < -0.4 is 5.32 Å². The van der Waals surface area contributed by atoms with E-state index in [1.165, 1.54) is 25.8 Å². The summed E-state index contributed by atoms with van der Waals surface area (Å²) in [5.41, 5.74) is 0. The Labute approximate surface area is 111 Å². The summed E-state index contributed by atoms with van der Waals surface area (Å²) >= 11 is 0. The number of hydrogen-bond acceptors (Lipinski definition) is 4. The Morgan fingerprint density at radius 1 is 1.28 bits per heavy atom. The van der Waals surface area contributed by atoms with Crippen LogP contribution in [0.5, 0.6) is 0 Å². The van der Waals surface area contributed by atoms with E-state index in [1.807, 2.05) is 0 Å². The molecule has 0 aromatic rings. The summed E-state index contributed by atoms with van der Waals surface area (Å²) < 4.78 is 22.6. The first-order chi connectivity index (χ1) is 8.57. The molecule has 5 heteroatoms. The molecule has 0 aliphatic carbocycles. The van der Waals surface area contributed by atoms with Gasteiger partial charge in [-0.1, -0.05) is 6.42 Å². The van der Waals surface area contributed by atoms with Crippen LogP contribution in [0, 0.1) is 0 Å². The van der Waals surface area contributed by atoms with Crippen molar-refractivity contribution in [3.63, 3.8) is 0 Å². The van der Waals surface area contributed by atoms with Crippen LogP contribution in [0.4, 0.5) is 0 Å². The molecule has 2 aliphatic rings. The lowest BCUT2D eigenvalue weighted by molar-refractivity contribution is 0.158. The van der Waals surface area contributed by atoms with Crippen molar-refractivity contribution in [2.45, 2.75) is 51.1 Å². The first-order valence-electron chi connectivity index (χ1n) is 7.25. The zero-order valence-corrected chi connectivity index (χ0v) is 12.2. The molecule has 0 aromatic carbocycles. The molecule has 106 valence electrons. The third-order valence-electron chi connectivity index (χ3n) is 4.23. The minimum Gasteiger partial charge on any atom is -0.313 e. The third-order valence-corrected chi connectivity index (χ3v) is 6.00. The van der Waals surface area contributed by atoms with E-state index in [1.54, 1.807) is 0 Å². The van der Waals surface area contributed by atoms with Gasteiger partial charge in [-0.25, -0.2) is 8.42 Å². The van der Waals surface area contributed by atoms with Crippen LogP contribution in [0.1, 0.15) is 39.0 Å². The highest BCUT2D eigenvalue weighted by Crippen LogP contribution is 2.16. The van der Waals surface area contributed by atoms with E-state index < -0.39 is 9.84 Å². The van der Waals surface area contributed by atoms with Crippen LogP contribution in [-0.4, -0.2) is 56.5 Å². The van der Waals surface area contributed by atoms with Crippen LogP contribution in [0.15, 0.2) is 0 Å².